The van der Waals surface area contributed by atoms with Crippen LogP contribution in [0.3, 0.4) is 0 Å². The topological polar surface area (TPSA) is 119 Å². The standard InChI is InChI=1S/C13H21N3O4/c1-7(2)11(15-9(4)17)12(18)16-10(13(19)20)5-8(3)6-14/h7-8,10-11H,5H2,1-4H3,(H,15,17)(H,16,18)(H,19,20)/t8-,10+,11-/m1/s1. The van der Waals surface area contributed by atoms with E-state index in [1.807, 2.05) is 6.07 Å². The molecule has 20 heavy (non-hydrogen) atoms. The van der Waals surface area contributed by atoms with Crippen molar-refractivity contribution in [3.63, 3.8) is 0 Å². The van der Waals surface area contributed by atoms with Crippen molar-refractivity contribution in [2.24, 2.45) is 11.8 Å². The second-order valence-corrected chi connectivity index (χ2v) is 5.09. The van der Waals surface area contributed by atoms with Crippen LogP contribution in [0.4, 0.5) is 0 Å². The largest absolute Gasteiger partial charge is 0.480 e. The summed E-state index contributed by atoms with van der Waals surface area (Å²) < 4.78 is 0. The zero-order valence-electron chi connectivity index (χ0n) is 12.1. The summed E-state index contributed by atoms with van der Waals surface area (Å²) in [6.45, 7) is 6.35. The summed E-state index contributed by atoms with van der Waals surface area (Å²) in [5.41, 5.74) is 0. The first-order valence-corrected chi connectivity index (χ1v) is 6.38. The molecule has 7 heteroatoms. The molecule has 0 saturated heterocycles. The maximum Gasteiger partial charge on any atom is 0.326 e. The molecule has 7 nitrogen and oxygen atoms in total. The van der Waals surface area contributed by atoms with Crippen LogP contribution >= 0.6 is 0 Å². The third-order valence-electron chi connectivity index (χ3n) is 2.73. The SMILES string of the molecule is CC(=O)N[C@@H](C(=O)N[C@@H](C[C@@H](C)C#N)C(=O)O)C(C)C. The molecule has 0 aliphatic rings. The number of nitriles is 1. The Labute approximate surface area is 118 Å². The number of carboxylic acid groups (broad SMARTS) is 1. The summed E-state index contributed by atoms with van der Waals surface area (Å²) in [6.07, 6.45) is 0.0163. The van der Waals surface area contributed by atoms with Gasteiger partial charge in [0, 0.05) is 12.8 Å². The van der Waals surface area contributed by atoms with Crippen molar-refractivity contribution in [2.45, 2.75) is 46.2 Å². The average molecular weight is 283 g/mol. The van der Waals surface area contributed by atoms with Gasteiger partial charge in [-0.2, -0.15) is 5.26 Å². The Morgan fingerprint density at radius 1 is 1.20 bits per heavy atom. The monoisotopic (exact) mass is 283 g/mol. The minimum Gasteiger partial charge on any atom is -0.480 e. The molecule has 0 heterocycles. The second kappa shape index (κ2) is 8.15. The molecule has 3 atom stereocenters. The fourth-order valence-corrected chi connectivity index (χ4v) is 1.64. The number of nitrogens with one attached hydrogen (secondary N) is 2. The lowest BCUT2D eigenvalue weighted by Gasteiger charge is -2.23. The molecule has 112 valence electrons. The number of aliphatic carboxylic acids is 1. The highest BCUT2D eigenvalue weighted by Gasteiger charge is 2.28. The van der Waals surface area contributed by atoms with Gasteiger partial charge in [0.05, 0.1) is 6.07 Å². The molecular formula is C13H21N3O4. The summed E-state index contributed by atoms with van der Waals surface area (Å²) in [7, 11) is 0. The van der Waals surface area contributed by atoms with Crippen LogP contribution in [0.1, 0.15) is 34.1 Å². The van der Waals surface area contributed by atoms with E-state index in [0.29, 0.717) is 0 Å². The van der Waals surface area contributed by atoms with Crippen LogP contribution in [-0.4, -0.2) is 35.0 Å². The Morgan fingerprint density at radius 3 is 2.10 bits per heavy atom. The third-order valence-corrected chi connectivity index (χ3v) is 2.73. The van der Waals surface area contributed by atoms with Crippen molar-refractivity contribution >= 4 is 17.8 Å². The van der Waals surface area contributed by atoms with Crippen LogP contribution in [0.2, 0.25) is 0 Å². The Bertz CT molecular complexity index is 414. The van der Waals surface area contributed by atoms with Gasteiger partial charge in [-0.25, -0.2) is 4.79 Å². The highest BCUT2D eigenvalue weighted by atomic mass is 16.4. The molecule has 0 unspecified atom stereocenters. The fraction of sp³-hybridized carbons (Fsp3) is 0.692. The minimum absolute atomic E-state index is 0.0163. The van der Waals surface area contributed by atoms with E-state index in [2.05, 4.69) is 10.6 Å². The van der Waals surface area contributed by atoms with Gasteiger partial charge in [-0.05, 0) is 19.3 Å². The molecule has 0 aliphatic carbocycles. The van der Waals surface area contributed by atoms with E-state index in [-0.39, 0.29) is 18.2 Å². The number of hydrogen-bond donors (Lipinski definition) is 3. The molecule has 0 aromatic rings. The number of carbonyl (C=O) groups excluding carboxylic acids is 2. The van der Waals surface area contributed by atoms with E-state index in [1.54, 1.807) is 20.8 Å². The molecule has 0 aliphatic heterocycles. The predicted octanol–water partition coefficient (Wildman–Crippen LogP) is 0.266. The lowest BCUT2D eigenvalue weighted by molar-refractivity contribution is -0.142. The molecule has 0 rings (SSSR count). The van der Waals surface area contributed by atoms with Crippen LogP contribution < -0.4 is 10.6 Å². The van der Waals surface area contributed by atoms with Crippen molar-refractivity contribution in [3.8, 4) is 6.07 Å². The van der Waals surface area contributed by atoms with Gasteiger partial charge in [-0.3, -0.25) is 9.59 Å². The van der Waals surface area contributed by atoms with Gasteiger partial charge in [-0.1, -0.05) is 13.8 Å². The Balaban J connectivity index is 4.84. The van der Waals surface area contributed by atoms with Crippen molar-refractivity contribution in [1.29, 1.82) is 5.26 Å². The Hall–Kier alpha value is -2.10. The predicted molar refractivity (Wildman–Crippen MR) is 71.4 cm³/mol. The molecule has 0 aromatic carbocycles. The van der Waals surface area contributed by atoms with Gasteiger partial charge in [0.25, 0.3) is 0 Å². The molecule has 0 bridgehead atoms. The zero-order chi connectivity index (χ0) is 15.9. The molecule has 2 amide bonds. The van der Waals surface area contributed by atoms with Crippen LogP contribution in [0.25, 0.3) is 0 Å². The highest BCUT2D eigenvalue weighted by Crippen LogP contribution is 2.07. The molecule has 0 fully saturated rings. The van der Waals surface area contributed by atoms with E-state index in [0.717, 1.165) is 0 Å². The molecule has 0 radical (unpaired) electrons. The molecule has 3 N–H and O–H groups in total. The number of amides is 2. The summed E-state index contributed by atoms with van der Waals surface area (Å²) in [6, 6.07) is -0.0221. The Kier molecular flexibility index (Phi) is 7.29. The van der Waals surface area contributed by atoms with Crippen molar-refractivity contribution in [1.82, 2.24) is 10.6 Å². The van der Waals surface area contributed by atoms with E-state index in [4.69, 9.17) is 10.4 Å². The number of carbonyl (C=O) groups is 3. The molecule has 0 saturated carbocycles. The van der Waals surface area contributed by atoms with Crippen molar-refractivity contribution in [3.05, 3.63) is 0 Å². The summed E-state index contributed by atoms with van der Waals surface area (Å²) in [4.78, 5) is 34.2. The van der Waals surface area contributed by atoms with Crippen molar-refractivity contribution in [2.75, 3.05) is 0 Å². The average Bonchev–Trinajstić information content (AvgIpc) is 2.33. The first-order chi connectivity index (χ1) is 9.18. The smallest absolute Gasteiger partial charge is 0.326 e. The minimum atomic E-state index is -1.20. The van der Waals surface area contributed by atoms with Crippen LogP contribution in [0, 0.1) is 23.2 Å². The summed E-state index contributed by atoms with van der Waals surface area (Å²) in [5.74, 6) is -2.80. The van der Waals surface area contributed by atoms with Gasteiger partial charge in [0.2, 0.25) is 11.8 Å². The lowest BCUT2D eigenvalue weighted by Crippen LogP contribution is -2.53. The number of carboxylic acids is 1. The summed E-state index contributed by atoms with van der Waals surface area (Å²) >= 11 is 0. The van der Waals surface area contributed by atoms with Gasteiger partial charge < -0.3 is 15.7 Å². The second-order valence-electron chi connectivity index (χ2n) is 5.09. The number of rotatable bonds is 7. The van der Waals surface area contributed by atoms with E-state index < -0.39 is 29.9 Å². The van der Waals surface area contributed by atoms with Crippen molar-refractivity contribution < 1.29 is 19.5 Å². The van der Waals surface area contributed by atoms with E-state index in [1.165, 1.54) is 6.92 Å². The first kappa shape index (κ1) is 17.9. The zero-order valence-corrected chi connectivity index (χ0v) is 12.1. The van der Waals surface area contributed by atoms with Crippen LogP contribution in [0.5, 0.6) is 0 Å². The van der Waals surface area contributed by atoms with E-state index >= 15 is 0 Å². The number of nitrogens with zero attached hydrogens (tertiary/aromatic N) is 1. The first-order valence-electron chi connectivity index (χ1n) is 6.38. The number of hydrogen-bond acceptors (Lipinski definition) is 4. The maximum atomic E-state index is 12.0. The van der Waals surface area contributed by atoms with Gasteiger partial charge in [-0.15, -0.1) is 0 Å². The van der Waals surface area contributed by atoms with E-state index in [9.17, 15) is 14.4 Å². The quantitative estimate of drug-likeness (QED) is 0.619. The van der Waals surface area contributed by atoms with Gasteiger partial charge in [0.15, 0.2) is 0 Å². The lowest BCUT2D eigenvalue weighted by atomic mass is 10.0. The van der Waals surface area contributed by atoms with Gasteiger partial charge >= 0.3 is 5.97 Å². The molecular weight excluding hydrogens is 262 g/mol. The van der Waals surface area contributed by atoms with Gasteiger partial charge in [0.1, 0.15) is 12.1 Å². The van der Waals surface area contributed by atoms with Crippen LogP contribution in [0.15, 0.2) is 0 Å². The fourth-order valence-electron chi connectivity index (χ4n) is 1.64. The van der Waals surface area contributed by atoms with Crippen LogP contribution in [-0.2, 0) is 14.4 Å². The maximum absolute atomic E-state index is 12.0. The molecule has 0 spiro atoms. The highest BCUT2D eigenvalue weighted by molar-refractivity contribution is 5.90. The Morgan fingerprint density at radius 2 is 1.75 bits per heavy atom. The summed E-state index contributed by atoms with van der Waals surface area (Å²) in [5, 5.41) is 22.6. The normalized spacial score (nSPS) is 14.8. The third kappa shape index (κ3) is 6.18. The molecule has 0 aromatic heterocycles.